The maximum absolute atomic E-state index is 13.3. The van der Waals surface area contributed by atoms with E-state index in [1.807, 2.05) is 0 Å². The van der Waals surface area contributed by atoms with Crippen LogP contribution in [0.25, 0.3) is 0 Å². The molecule has 0 unspecified atom stereocenters. The van der Waals surface area contributed by atoms with E-state index in [0.717, 1.165) is 36.2 Å². The standard InChI is InChI=1S/C21H27F2.Y/c1-2-3-15-4-6-16(7-5-15)17-8-10-18(11-9-17)19-12-20(22)14-21(23)13-19;/h2-3,12-13,15-18H,4-11H2,1H3;/q-1;. The van der Waals surface area contributed by atoms with E-state index in [1.54, 1.807) is 0 Å². The molecule has 0 atom stereocenters. The van der Waals surface area contributed by atoms with Gasteiger partial charge in [0.05, 0.1) is 0 Å². The van der Waals surface area contributed by atoms with Gasteiger partial charge in [-0.25, -0.2) is 8.78 Å². The Bertz CT molecular complexity index is 519. The van der Waals surface area contributed by atoms with Gasteiger partial charge in [-0.2, -0.15) is 0 Å². The molecular formula is C21H27F2Y-. The predicted molar refractivity (Wildman–Crippen MR) is 90.2 cm³/mol. The first-order valence-electron chi connectivity index (χ1n) is 9.16. The monoisotopic (exact) mass is 406 g/mol. The molecule has 2 saturated carbocycles. The van der Waals surface area contributed by atoms with Crippen molar-refractivity contribution in [1.29, 1.82) is 0 Å². The number of hydrogen-bond acceptors (Lipinski definition) is 0. The molecule has 0 aliphatic heterocycles. The molecule has 1 aromatic carbocycles. The predicted octanol–water partition coefficient (Wildman–Crippen LogP) is 6.42. The van der Waals surface area contributed by atoms with Gasteiger partial charge in [0.1, 0.15) is 0 Å². The molecule has 2 fully saturated rings. The summed E-state index contributed by atoms with van der Waals surface area (Å²) in [6, 6.07) is 5.02. The zero-order valence-electron chi connectivity index (χ0n) is 14.6. The third kappa shape index (κ3) is 5.21. The van der Waals surface area contributed by atoms with Crippen LogP contribution in [0.5, 0.6) is 0 Å². The molecule has 0 heterocycles. The summed E-state index contributed by atoms with van der Waals surface area (Å²) in [7, 11) is 0. The molecule has 24 heavy (non-hydrogen) atoms. The second kappa shape index (κ2) is 9.57. The minimum Gasteiger partial charge on any atom is -0.236 e. The molecule has 0 spiro atoms. The molecule has 3 heteroatoms. The van der Waals surface area contributed by atoms with Gasteiger partial charge in [0, 0.05) is 44.3 Å². The second-order valence-corrected chi connectivity index (χ2v) is 7.42. The van der Waals surface area contributed by atoms with Crippen molar-refractivity contribution in [3.8, 4) is 0 Å². The molecule has 0 amide bonds. The summed E-state index contributed by atoms with van der Waals surface area (Å²) in [4.78, 5) is 0. The number of halogens is 2. The van der Waals surface area contributed by atoms with Gasteiger partial charge in [0.25, 0.3) is 0 Å². The summed E-state index contributed by atoms with van der Waals surface area (Å²) in [6.45, 7) is 2.11. The molecule has 2 aliphatic carbocycles. The number of hydrogen-bond donors (Lipinski definition) is 0. The van der Waals surface area contributed by atoms with Crippen LogP contribution in [0.1, 0.15) is 69.8 Å². The van der Waals surface area contributed by atoms with E-state index in [2.05, 4.69) is 25.1 Å². The maximum Gasteiger partial charge on any atom is 0.0139 e. The van der Waals surface area contributed by atoms with E-state index in [-0.39, 0.29) is 32.7 Å². The largest absolute Gasteiger partial charge is 0.236 e. The Balaban J connectivity index is 0.00000208. The fraction of sp³-hybridized carbons (Fsp3) is 0.619. The summed E-state index contributed by atoms with van der Waals surface area (Å²) in [6.07, 6.45) is 14.5. The van der Waals surface area contributed by atoms with Gasteiger partial charge in [0.15, 0.2) is 0 Å². The van der Waals surface area contributed by atoms with Crippen molar-refractivity contribution >= 4 is 0 Å². The van der Waals surface area contributed by atoms with Crippen LogP contribution in [0.4, 0.5) is 8.78 Å². The Morgan fingerprint density at radius 3 is 1.88 bits per heavy atom. The van der Waals surface area contributed by atoms with Crippen LogP contribution in [0.15, 0.2) is 24.3 Å². The van der Waals surface area contributed by atoms with Gasteiger partial charge in [0.2, 0.25) is 0 Å². The Kier molecular flexibility index (Phi) is 8.07. The van der Waals surface area contributed by atoms with Crippen LogP contribution < -0.4 is 0 Å². The Morgan fingerprint density at radius 2 is 1.38 bits per heavy atom. The number of allylic oxidation sites excluding steroid dienone is 2. The summed E-state index contributed by atoms with van der Waals surface area (Å²) in [5, 5.41) is 0. The number of rotatable bonds is 3. The van der Waals surface area contributed by atoms with Gasteiger partial charge < -0.3 is 0 Å². The molecule has 0 saturated heterocycles. The first-order chi connectivity index (χ1) is 11.2. The quantitative estimate of drug-likeness (QED) is 0.402. The van der Waals surface area contributed by atoms with Gasteiger partial charge in [-0.1, -0.05) is 12.2 Å². The first kappa shape index (κ1) is 20.2. The molecule has 0 N–H and O–H groups in total. The Hall–Kier alpha value is -0.0761. The topological polar surface area (TPSA) is 0 Å². The average Bonchev–Trinajstić information content (AvgIpc) is 2.55. The zero-order valence-corrected chi connectivity index (χ0v) is 17.4. The normalized spacial score (nSPS) is 31.0. The van der Waals surface area contributed by atoms with Crippen LogP contribution in [0, 0.1) is 35.5 Å². The number of benzene rings is 1. The van der Waals surface area contributed by atoms with Gasteiger partial charge in [-0.05, 0) is 82.0 Å². The minimum atomic E-state index is -0.565. The van der Waals surface area contributed by atoms with E-state index < -0.39 is 11.6 Å². The molecule has 2 aliphatic rings. The van der Waals surface area contributed by atoms with E-state index in [1.165, 1.54) is 50.7 Å². The summed E-state index contributed by atoms with van der Waals surface area (Å²) in [5.74, 6) is 1.68. The van der Waals surface area contributed by atoms with Gasteiger partial charge in [-0.15, -0.1) is 23.8 Å². The molecular weight excluding hydrogens is 379 g/mol. The molecule has 0 aromatic heterocycles. The van der Waals surface area contributed by atoms with Gasteiger partial charge in [-0.3, -0.25) is 0 Å². The van der Waals surface area contributed by atoms with E-state index in [9.17, 15) is 8.78 Å². The molecule has 1 aromatic rings. The van der Waals surface area contributed by atoms with Crippen molar-refractivity contribution in [3.05, 3.63) is 47.5 Å². The van der Waals surface area contributed by atoms with Crippen molar-refractivity contribution in [3.63, 3.8) is 0 Å². The Morgan fingerprint density at radius 1 is 0.875 bits per heavy atom. The van der Waals surface area contributed by atoms with Crippen molar-refractivity contribution in [2.75, 3.05) is 0 Å². The SMILES string of the molecule is CC=CC1CCC(C2CCC(c3cc(F)[c-]c(F)c3)CC2)CC1.[Y]. The minimum absolute atomic E-state index is 0. The maximum atomic E-state index is 13.3. The van der Waals surface area contributed by atoms with E-state index in [0.29, 0.717) is 5.92 Å². The van der Waals surface area contributed by atoms with Crippen LogP contribution in [-0.4, -0.2) is 0 Å². The summed E-state index contributed by atoms with van der Waals surface area (Å²) >= 11 is 0. The molecule has 1 radical (unpaired) electrons. The first-order valence-corrected chi connectivity index (χ1v) is 9.16. The molecule has 129 valence electrons. The van der Waals surface area contributed by atoms with Crippen LogP contribution in [0.3, 0.4) is 0 Å². The third-order valence-electron chi connectivity index (χ3n) is 6.02. The smallest absolute Gasteiger partial charge is 0.0139 e. The fourth-order valence-corrected chi connectivity index (χ4v) is 4.76. The van der Waals surface area contributed by atoms with Crippen LogP contribution in [-0.2, 0) is 32.7 Å². The fourth-order valence-electron chi connectivity index (χ4n) is 4.76. The molecule has 3 rings (SSSR count). The van der Waals surface area contributed by atoms with Crippen molar-refractivity contribution in [2.45, 2.75) is 64.2 Å². The second-order valence-electron chi connectivity index (χ2n) is 7.42. The summed E-state index contributed by atoms with van der Waals surface area (Å²) in [5.41, 5.74) is 0.828. The molecule has 0 nitrogen and oxygen atoms in total. The van der Waals surface area contributed by atoms with Crippen LogP contribution in [0.2, 0.25) is 0 Å². The van der Waals surface area contributed by atoms with Gasteiger partial charge >= 0.3 is 0 Å². The van der Waals surface area contributed by atoms with Crippen molar-refractivity contribution in [1.82, 2.24) is 0 Å². The summed E-state index contributed by atoms with van der Waals surface area (Å²) < 4.78 is 26.7. The van der Waals surface area contributed by atoms with Crippen LogP contribution >= 0.6 is 0 Å². The zero-order chi connectivity index (χ0) is 16.2. The third-order valence-corrected chi connectivity index (χ3v) is 6.02. The van der Waals surface area contributed by atoms with E-state index in [4.69, 9.17) is 0 Å². The average molecular weight is 406 g/mol. The van der Waals surface area contributed by atoms with Crippen molar-refractivity contribution < 1.29 is 41.5 Å². The molecule has 0 bridgehead atoms. The van der Waals surface area contributed by atoms with Crippen molar-refractivity contribution in [2.24, 2.45) is 17.8 Å². The van der Waals surface area contributed by atoms with E-state index >= 15 is 0 Å². The Labute approximate surface area is 170 Å².